The Hall–Kier alpha value is -0.180. The maximum Gasteiger partial charge on any atom is 0.0730 e. The fourth-order valence-corrected chi connectivity index (χ4v) is 1.10. The van der Waals surface area contributed by atoms with Gasteiger partial charge in [0.05, 0.1) is 6.04 Å². The van der Waals surface area contributed by atoms with Gasteiger partial charge in [0, 0.05) is 5.34 Å². The molecule has 0 saturated heterocycles. The van der Waals surface area contributed by atoms with Crippen LogP contribution in [-0.2, 0) is 0 Å². The molecule has 0 atom stereocenters. The molecule has 1 aliphatic rings. The summed E-state index contributed by atoms with van der Waals surface area (Å²) in [7, 11) is 0. The molecule has 0 unspecified atom stereocenters. The highest BCUT2D eigenvalue weighted by Gasteiger charge is 2.21. The van der Waals surface area contributed by atoms with Gasteiger partial charge in [-0.25, -0.2) is 0 Å². The number of hydrogen-bond acceptors (Lipinski definition) is 1. The first-order valence-electron chi connectivity index (χ1n) is 2.91. The third-order valence-electron chi connectivity index (χ3n) is 1.60. The predicted molar refractivity (Wildman–Crippen MR) is 26.3 cm³/mol. The number of rotatable bonds is 1. The fourth-order valence-electron chi connectivity index (χ4n) is 1.10. The Bertz CT molecular complexity index is 68.8. The van der Waals surface area contributed by atoms with Crippen LogP contribution >= 0.6 is 0 Å². The third kappa shape index (κ3) is 1.15. The first-order valence-corrected chi connectivity index (χ1v) is 2.91. The van der Waals surface area contributed by atoms with Gasteiger partial charge in [-0.05, 0) is 12.8 Å². The van der Waals surface area contributed by atoms with Gasteiger partial charge in [-0.3, -0.25) is 0 Å². The topological polar surface area (TPSA) is 3.24 Å². The summed E-state index contributed by atoms with van der Waals surface area (Å²) in [6.45, 7) is 0. The van der Waals surface area contributed by atoms with E-state index in [2.05, 4.69) is 0 Å². The van der Waals surface area contributed by atoms with Crippen LogP contribution in [0.4, 0.5) is 8.96 Å². The monoisotopic (exact) mass is 121 g/mol. The number of halogens is 2. The summed E-state index contributed by atoms with van der Waals surface area (Å²) in [5.41, 5.74) is 0. The Morgan fingerprint density at radius 1 is 1.12 bits per heavy atom. The SMILES string of the molecule is FN(F)C1CCCC1. The minimum atomic E-state index is -0.660. The Balaban J connectivity index is 2.24. The van der Waals surface area contributed by atoms with Crippen LogP contribution in [-0.4, -0.2) is 11.4 Å². The smallest absolute Gasteiger partial charge is 0.0730 e. The lowest BCUT2D eigenvalue weighted by Gasteiger charge is -2.05. The van der Waals surface area contributed by atoms with Crippen LogP contribution in [0.5, 0.6) is 0 Å². The lowest BCUT2D eigenvalue weighted by Crippen LogP contribution is -2.15. The van der Waals surface area contributed by atoms with E-state index in [1.807, 2.05) is 0 Å². The van der Waals surface area contributed by atoms with E-state index in [1.165, 1.54) is 0 Å². The van der Waals surface area contributed by atoms with Crippen molar-refractivity contribution in [2.45, 2.75) is 31.7 Å². The average molecular weight is 121 g/mol. The molecule has 0 aromatic carbocycles. The second-order valence-corrected chi connectivity index (χ2v) is 2.20. The molecular formula is C5H9F2N. The highest BCUT2D eigenvalue weighted by molar-refractivity contribution is 4.68. The van der Waals surface area contributed by atoms with Crippen molar-refractivity contribution in [2.24, 2.45) is 0 Å². The van der Waals surface area contributed by atoms with Crippen LogP contribution in [0.15, 0.2) is 0 Å². The summed E-state index contributed by atoms with van der Waals surface area (Å²) in [6, 6.07) is -0.435. The normalized spacial score (nSPS) is 22.9. The van der Waals surface area contributed by atoms with Crippen molar-refractivity contribution in [3.05, 3.63) is 0 Å². The van der Waals surface area contributed by atoms with Crippen LogP contribution in [0.1, 0.15) is 25.7 Å². The van der Waals surface area contributed by atoms with Crippen molar-refractivity contribution in [1.29, 1.82) is 0 Å². The van der Waals surface area contributed by atoms with Gasteiger partial charge in [0.2, 0.25) is 0 Å². The van der Waals surface area contributed by atoms with Crippen molar-refractivity contribution < 1.29 is 8.96 Å². The lowest BCUT2D eigenvalue weighted by atomic mass is 10.3. The molecule has 1 aliphatic carbocycles. The van der Waals surface area contributed by atoms with Crippen LogP contribution in [0.3, 0.4) is 0 Å². The van der Waals surface area contributed by atoms with Crippen molar-refractivity contribution in [1.82, 2.24) is 5.34 Å². The van der Waals surface area contributed by atoms with Crippen molar-refractivity contribution in [3.8, 4) is 0 Å². The van der Waals surface area contributed by atoms with Crippen molar-refractivity contribution >= 4 is 0 Å². The molecule has 3 heteroatoms. The molecule has 0 radical (unpaired) electrons. The van der Waals surface area contributed by atoms with E-state index in [9.17, 15) is 8.96 Å². The molecule has 8 heavy (non-hydrogen) atoms. The van der Waals surface area contributed by atoms with Gasteiger partial charge >= 0.3 is 0 Å². The Morgan fingerprint density at radius 2 is 1.62 bits per heavy atom. The maximum absolute atomic E-state index is 11.6. The molecule has 0 bridgehead atoms. The molecule has 0 amide bonds. The fraction of sp³-hybridized carbons (Fsp3) is 1.00. The second-order valence-electron chi connectivity index (χ2n) is 2.20. The van der Waals surface area contributed by atoms with Crippen LogP contribution in [0.25, 0.3) is 0 Å². The summed E-state index contributed by atoms with van der Waals surface area (Å²) in [5, 5.41) is -0.660. The lowest BCUT2D eigenvalue weighted by molar-refractivity contribution is -0.185. The number of hydrogen-bond donors (Lipinski definition) is 0. The zero-order valence-corrected chi connectivity index (χ0v) is 4.61. The average Bonchev–Trinajstić information content (AvgIpc) is 2.12. The standard InChI is InChI=1S/C5H9F2N/c6-8(7)5-3-1-2-4-5/h5H,1-4H2. The summed E-state index contributed by atoms with van der Waals surface area (Å²) in [5.74, 6) is 0. The quantitative estimate of drug-likeness (QED) is 0.479. The van der Waals surface area contributed by atoms with Crippen LogP contribution in [0, 0.1) is 0 Å². The van der Waals surface area contributed by atoms with E-state index in [0.29, 0.717) is 12.8 Å². The molecule has 1 nitrogen and oxygen atoms in total. The maximum atomic E-state index is 11.6. The summed E-state index contributed by atoms with van der Waals surface area (Å²) in [4.78, 5) is 0. The van der Waals surface area contributed by atoms with Gasteiger partial charge in [-0.15, -0.1) is 8.96 Å². The van der Waals surface area contributed by atoms with E-state index in [4.69, 9.17) is 0 Å². The van der Waals surface area contributed by atoms with Gasteiger partial charge < -0.3 is 0 Å². The van der Waals surface area contributed by atoms with Gasteiger partial charge in [0.15, 0.2) is 0 Å². The van der Waals surface area contributed by atoms with Crippen LogP contribution in [0.2, 0.25) is 0 Å². The summed E-state index contributed by atoms with van der Waals surface area (Å²) in [6.07, 6.45) is 3.28. The first kappa shape index (κ1) is 5.95. The van der Waals surface area contributed by atoms with E-state index in [-0.39, 0.29) is 0 Å². The van der Waals surface area contributed by atoms with E-state index in [1.54, 1.807) is 0 Å². The molecule has 0 aliphatic heterocycles. The molecule has 0 aromatic rings. The molecule has 1 saturated carbocycles. The molecule has 1 fully saturated rings. The molecule has 48 valence electrons. The summed E-state index contributed by atoms with van der Waals surface area (Å²) >= 11 is 0. The van der Waals surface area contributed by atoms with E-state index in [0.717, 1.165) is 12.8 Å². The van der Waals surface area contributed by atoms with E-state index >= 15 is 0 Å². The van der Waals surface area contributed by atoms with Gasteiger partial charge in [0.1, 0.15) is 0 Å². The third-order valence-corrected chi connectivity index (χ3v) is 1.60. The molecule has 0 aromatic heterocycles. The zero-order chi connectivity index (χ0) is 5.98. The molecule has 0 spiro atoms. The highest BCUT2D eigenvalue weighted by Crippen LogP contribution is 2.23. The first-order chi connectivity index (χ1) is 3.80. The van der Waals surface area contributed by atoms with Gasteiger partial charge in [-0.2, -0.15) is 0 Å². The minimum absolute atomic E-state index is 0.435. The molecule has 0 heterocycles. The Morgan fingerprint density at radius 3 is 1.88 bits per heavy atom. The largest absolute Gasteiger partial charge is 0.101 e. The Labute approximate surface area is 47.2 Å². The number of nitrogens with zero attached hydrogens (tertiary/aromatic N) is 1. The van der Waals surface area contributed by atoms with Gasteiger partial charge in [-0.1, -0.05) is 12.8 Å². The Kier molecular flexibility index (Phi) is 1.78. The van der Waals surface area contributed by atoms with Crippen LogP contribution < -0.4 is 0 Å². The molecular weight excluding hydrogens is 112 g/mol. The van der Waals surface area contributed by atoms with Crippen molar-refractivity contribution in [3.63, 3.8) is 0 Å². The molecule has 1 rings (SSSR count). The zero-order valence-electron chi connectivity index (χ0n) is 4.61. The van der Waals surface area contributed by atoms with Gasteiger partial charge in [0.25, 0.3) is 0 Å². The predicted octanol–water partition coefficient (Wildman–Crippen LogP) is 2.00. The highest BCUT2D eigenvalue weighted by atomic mass is 19.4. The summed E-state index contributed by atoms with van der Waals surface area (Å²) < 4.78 is 23.1. The minimum Gasteiger partial charge on any atom is -0.101 e. The van der Waals surface area contributed by atoms with Crippen molar-refractivity contribution in [2.75, 3.05) is 0 Å². The van der Waals surface area contributed by atoms with E-state index < -0.39 is 11.4 Å². The molecule has 0 N–H and O–H groups in total. The second kappa shape index (κ2) is 2.40.